The normalized spacial score (nSPS) is 11.3. The van der Waals surface area contributed by atoms with Crippen LogP contribution in [0.4, 0.5) is 5.69 Å². The smallest absolute Gasteiger partial charge is 0.267 e. The molecule has 0 amide bonds. The van der Waals surface area contributed by atoms with Crippen LogP contribution in [0.1, 0.15) is 18.4 Å². The fourth-order valence-corrected chi connectivity index (χ4v) is 3.26. The van der Waals surface area contributed by atoms with Crippen LogP contribution in [0.3, 0.4) is 0 Å². The first-order chi connectivity index (χ1) is 9.44. The van der Waals surface area contributed by atoms with Crippen LogP contribution in [-0.4, -0.2) is 20.2 Å². The molecule has 0 fully saturated rings. The third-order valence-corrected chi connectivity index (χ3v) is 4.26. The third-order valence-electron chi connectivity index (χ3n) is 2.63. The highest BCUT2D eigenvalue weighted by molar-refractivity contribution is 7.92. The standard InChI is InChI=1S/C13H16N2O4S/c1-4-18-12-7-5-6-11(8-12)15-20(16,17)13-9(2)14-19-10(13)3/h5-8,15H,4H2,1-3H3. The highest BCUT2D eigenvalue weighted by Gasteiger charge is 2.24. The number of rotatable bonds is 5. The second-order valence-electron chi connectivity index (χ2n) is 4.22. The van der Waals surface area contributed by atoms with E-state index >= 15 is 0 Å². The number of ether oxygens (including phenoxy) is 1. The Balaban J connectivity index is 2.31. The fourth-order valence-electron chi connectivity index (χ4n) is 1.88. The molecule has 0 atom stereocenters. The van der Waals surface area contributed by atoms with Crippen molar-refractivity contribution in [3.05, 3.63) is 35.7 Å². The Morgan fingerprint density at radius 2 is 2.10 bits per heavy atom. The first-order valence-electron chi connectivity index (χ1n) is 6.12. The summed E-state index contributed by atoms with van der Waals surface area (Å²) in [7, 11) is -3.72. The Morgan fingerprint density at radius 3 is 2.70 bits per heavy atom. The van der Waals surface area contributed by atoms with E-state index in [2.05, 4.69) is 9.88 Å². The number of aryl methyl sites for hydroxylation is 2. The van der Waals surface area contributed by atoms with Crippen LogP contribution in [-0.2, 0) is 10.0 Å². The lowest BCUT2D eigenvalue weighted by atomic mass is 10.3. The Labute approximate surface area is 117 Å². The largest absolute Gasteiger partial charge is 0.494 e. The molecule has 2 aromatic rings. The van der Waals surface area contributed by atoms with E-state index in [1.165, 1.54) is 0 Å². The van der Waals surface area contributed by atoms with E-state index in [0.29, 0.717) is 23.7 Å². The van der Waals surface area contributed by atoms with Gasteiger partial charge in [0, 0.05) is 6.07 Å². The molecule has 0 unspecified atom stereocenters. The molecule has 0 saturated carbocycles. The number of anilines is 1. The lowest BCUT2D eigenvalue weighted by Gasteiger charge is -2.09. The molecule has 1 heterocycles. The Hall–Kier alpha value is -2.02. The molecule has 1 aromatic carbocycles. The van der Waals surface area contributed by atoms with Gasteiger partial charge in [0.15, 0.2) is 10.7 Å². The molecule has 1 N–H and O–H groups in total. The number of nitrogens with zero attached hydrogens (tertiary/aromatic N) is 1. The van der Waals surface area contributed by atoms with Crippen molar-refractivity contribution in [1.82, 2.24) is 5.16 Å². The summed E-state index contributed by atoms with van der Waals surface area (Å²) >= 11 is 0. The average molecular weight is 296 g/mol. The van der Waals surface area contributed by atoms with Crippen LogP contribution >= 0.6 is 0 Å². The zero-order chi connectivity index (χ0) is 14.8. The zero-order valence-electron chi connectivity index (χ0n) is 11.5. The summed E-state index contributed by atoms with van der Waals surface area (Å²) in [6.45, 7) is 5.52. The minimum absolute atomic E-state index is 0.0688. The van der Waals surface area contributed by atoms with Crippen LogP contribution in [0.5, 0.6) is 5.75 Å². The molecule has 108 valence electrons. The fraction of sp³-hybridized carbons (Fsp3) is 0.308. The highest BCUT2D eigenvalue weighted by atomic mass is 32.2. The first kappa shape index (κ1) is 14.4. The van der Waals surface area contributed by atoms with Crippen molar-refractivity contribution in [2.75, 3.05) is 11.3 Å². The summed E-state index contributed by atoms with van der Waals surface area (Å²) in [6, 6.07) is 6.75. The molecule has 0 radical (unpaired) electrons. The molecule has 0 aliphatic heterocycles. The molecule has 2 rings (SSSR count). The lowest BCUT2D eigenvalue weighted by Crippen LogP contribution is -2.14. The molecule has 7 heteroatoms. The van der Waals surface area contributed by atoms with Crippen molar-refractivity contribution in [3.63, 3.8) is 0 Å². The van der Waals surface area contributed by atoms with Gasteiger partial charge in [-0.2, -0.15) is 0 Å². The number of nitrogens with one attached hydrogen (secondary N) is 1. The monoisotopic (exact) mass is 296 g/mol. The summed E-state index contributed by atoms with van der Waals surface area (Å²) < 4.78 is 37.4. The summed E-state index contributed by atoms with van der Waals surface area (Å²) in [4.78, 5) is 0.0688. The molecule has 0 aliphatic carbocycles. The predicted octanol–water partition coefficient (Wildman–Crippen LogP) is 2.49. The number of benzene rings is 1. The molecular formula is C13H16N2O4S. The van der Waals surface area contributed by atoms with E-state index in [1.54, 1.807) is 38.1 Å². The molecule has 1 aromatic heterocycles. The molecule has 0 saturated heterocycles. The van der Waals surface area contributed by atoms with E-state index in [9.17, 15) is 8.42 Å². The van der Waals surface area contributed by atoms with Gasteiger partial charge in [-0.05, 0) is 32.9 Å². The number of hydrogen-bond acceptors (Lipinski definition) is 5. The van der Waals surface area contributed by atoms with Crippen molar-refractivity contribution in [2.45, 2.75) is 25.7 Å². The van der Waals surface area contributed by atoms with Crippen molar-refractivity contribution in [3.8, 4) is 5.75 Å². The molecule has 0 spiro atoms. The second-order valence-corrected chi connectivity index (χ2v) is 5.84. The second kappa shape index (κ2) is 5.54. The quantitative estimate of drug-likeness (QED) is 0.916. The van der Waals surface area contributed by atoms with Gasteiger partial charge >= 0.3 is 0 Å². The van der Waals surface area contributed by atoms with Crippen molar-refractivity contribution < 1.29 is 17.7 Å². The zero-order valence-corrected chi connectivity index (χ0v) is 12.3. The van der Waals surface area contributed by atoms with Gasteiger partial charge in [-0.3, -0.25) is 4.72 Å². The van der Waals surface area contributed by atoms with Gasteiger partial charge in [0.1, 0.15) is 11.4 Å². The van der Waals surface area contributed by atoms with E-state index < -0.39 is 10.0 Å². The van der Waals surface area contributed by atoms with Crippen molar-refractivity contribution >= 4 is 15.7 Å². The van der Waals surface area contributed by atoms with Crippen LogP contribution in [0.2, 0.25) is 0 Å². The van der Waals surface area contributed by atoms with E-state index in [-0.39, 0.29) is 10.7 Å². The molecule has 0 aliphatic rings. The minimum atomic E-state index is -3.72. The Morgan fingerprint density at radius 1 is 1.35 bits per heavy atom. The Kier molecular flexibility index (Phi) is 3.99. The Bertz CT molecular complexity index is 687. The van der Waals surface area contributed by atoms with Gasteiger partial charge in [-0.15, -0.1) is 0 Å². The molecule has 20 heavy (non-hydrogen) atoms. The van der Waals surface area contributed by atoms with Gasteiger partial charge in [0.25, 0.3) is 10.0 Å². The number of hydrogen-bond donors (Lipinski definition) is 1. The number of sulfonamides is 1. The minimum Gasteiger partial charge on any atom is -0.494 e. The summed E-state index contributed by atoms with van der Waals surface area (Å²) in [5.74, 6) is 0.863. The van der Waals surface area contributed by atoms with Gasteiger partial charge in [-0.1, -0.05) is 11.2 Å². The number of aromatic nitrogens is 1. The van der Waals surface area contributed by atoms with Crippen molar-refractivity contribution in [1.29, 1.82) is 0 Å². The van der Waals surface area contributed by atoms with Gasteiger partial charge in [-0.25, -0.2) is 8.42 Å². The van der Waals surface area contributed by atoms with E-state index in [0.717, 1.165) is 0 Å². The topological polar surface area (TPSA) is 81.4 Å². The maximum absolute atomic E-state index is 12.3. The predicted molar refractivity (Wildman–Crippen MR) is 74.4 cm³/mol. The average Bonchev–Trinajstić information content (AvgIpc) is 2.70. The van der Waals surface area contributed by atoms with E-state index in [4.69, 9.17) is 9.26 Å². The van der Waals surface area contributed by atoms with Crippen LogP contribution < -0.4 is 9.46 Å². The van der Waals surface area contributed by atoms with Crippen molar-refractivity contribution in [2.24, 2.45) is 0 Å². The summed E-state index contributed by atoms with van der Waals surface area (Å²) in [6.07, 6.45) is 0. The van der Waals surface area contributed by atoms with E-state index in [1.807, 2.05) is 6.92 Å². The maximum Gasteiger partial charge on any atom is 0.267 e. The van der Waals surface area contributed by atoms with Crippen LogP contribution in [0.15, 0.2) is 33.7 Å². The third kappa shape index (κ3) is 2.93. The van der Waals surface area contributed by atoms with Crippen LogP contribution in [0.25, 0.3) is 0 Å². The summed E-state index contributed by atoms with van der Waals surface area (Å²) in [5.41, 5.74) is 0.756. The molecular weight excluding hydrogens is 280 g/mol. The SMILES string of the molecule is CCOc1cccc(NS(=O)(=O)c2c(C)noc2C)c1. The van der Waals surface area contributed by atoms with Crippen LogP contribution in [0, 0.1) is 13.8 Å². The first-order valence-corrected chi connectivity index (χ1v) is 7.61. The van der Waals surface area contributed by atoms with Gasteiger partial charge < -0.3 is 9.26 Å². The lowest BCUT2D eigenvalue weighted by molar-refractivity contribution is 0.340. The molecule has 0 bridgehead atoms. The highest BCUT2D eigenvalue weighted by Crippen LogP contribution is 2.24. The van der Waals surface area contributed by atoms with Gasteiger partial charge in [0.2, 0.25) is 0 Å². The molecule has 6 nitrogen and oxygen atoms in total. The summed E-state index contributed by atoms with van der Waals surface area (Å²) in [5, 5.41) is 3.65. The van der Waals surface area contributed by atoms with Gasteiger partial charge in [0.05, 0.1) is 12.3 Å². The maximum atomic E-state index is 12.3.